The zero-order valence-corrected chi connectivity index (χ0v) is 23.4. The minimum Gasteiger partial charge on any atom is -0.497 e. The van der Waals surface area contributed by atoms with Crippen molar-refractivity contribution in [3.63, 3.8) is 0 Å². The average molecular weight is 474 g/mol. The van der Waals surface area contributed by atoms with E-state index in [9.17, 15) is 4.79 Å². The first kappa shape index (κ1) is 30.2. The van der Waals surface area contributed by atoms with Crippen LogP contribution >= 0.6 is 0 Å². The van der Waals surface area contributed by atoms with Crippen LogP contribution in [0.5, 0.6) is 0 Å². The Hall–Kier alpha value is -1.88. The highest BCUT2D eigenvalue weighted by Crippen LogP contribution is 2.26. The van der Waals surface area contributed by atoms with Crippen LogP contribution in [-0.2, 0) is 9.53 Å². The number of nitrogens with one attached hydrogen (secondary N) is 2. The molecule has 0 amide bonds. The first-order valence-electron chi connectivity index (χ1n) is 13.5. The lowest BCUT2D eigenvalue weighted by molar-refractivity contribution is -0.123. The summed E-state index contributed by atoms with van der Waals surface area (Å²) in [6.07, 6.45) is 9.21. The first-order valence-corrected chi connectivity index (χ1v) is 13.5. The molecule has 0 aromatic carbocycles. The van der Waals surface area contributed by atoms with Crippen molar-refractivity contribution in [1.29, 1.82) is 0 Å². The van der Waals surface area contributed by atoms with Gasteiger partial charge in [-0.25, -0.2) is 4.99 Å². The van der Waals surface area contributed by atoms with Crippen LogP contribution in [-0.4, -0.2) is 31.2 Å². The molecule has 5 heteroatoms. The molecule has 0 bridgehead atoms. The molecule has 2 unspecified atom stereocenters. The van der Waals surface area contributed by atoms with Crippen molar-refractivity contribution >= 4 is 11.5 Å². The third kappa shape index (κ3) is 9.77. The van der Waals surface area contributed by atoms with Crippen LogP contribution in [0.4, 0.5) is 0 Å². The van der Waals surface area contributed by atoms with Crippen molar-refractivity contribution < 1.29 is 9.53 Å². The SMILES string of the molecule is CCCNC[C@@H](CC)COC1=CC(N/C(N=C(C)C(CC)C(=O)C(C)C)=C(\C)CC)=CCC1C. The molecule has 194 valence electrons. The van der Waals surface area contributed by atoms with Gasteiger partial charge in [0.25, 0.3) is 0 Å². The lowest BCUT2D eigenvalue weighted by atomic mass is 9.89. The van der Waals surface area contributed by atoms with Gasteiger partial charge in [0.2, 0.25) is 0 Å². The predicted octanol–water partition coefficient (Wildman–Crippen LogP) is 6.78. The Balaban J connectivity index is 3.00. The van der Waals surface area contributed by atoms with E-state index in [1.807, 2.05) is 20.8 Å². The molecule has 0 fully saturated rings. The van der Waals surface area contributed by atoms with Crippen molar-refractivity contribution in [2.24, 2.45) is 28.7 Å². The van der Waals surface area contributed by atoms with Gasteiger partial charge in [0, 0.05) is 35.7 Å². The fraction of sp³-hybridized carbons (Fsp3) is 0.724. The van der Waals surface area contributed by atoms with Gasteiger partial charge in [-0.1, -0.05) is 54.5 Å². The highest BCUT2D eigenvalue weighted by molar-refractivity contribution is 6.04. The standard InChI is InChI=1S/C29H51N3O2/c1-10-16-30-18-24(12-3)19-34-27-17-25(15-14-22(27)8)32-29(21(7)11-2)31-23(9)26(13-4)28(33)20(5)6/h15,17,20,22,24,26,30,32H,10-14,16,18-19H2,1-9H3/b29-21+,31-23?/t22?,24-,26?/m1/s1. The molecule has 1 aliphatic carbocycles. The van der Waals surface area contributed by atoms with Crippen LogP contribution in [0.2, 0.25) is 0 Å². The molecular formula is C29H51N3O2. The molecule has 0 saturated carbocycles. The number of carbonyl (C=O) groups excluding carboxylic acids is 1. The summed E-state index contributed by atoms with van der Waals surface area (Å²) in [5.41, 5.74) is 3.08. The second-order valence-corrected chi connectivity index (χ2v) is 10.0. The summed E-state index contributed by atoms with van der Waals surface area (Å²) in [6.45, 7) is 21.6. The van der Waals surface area contributed by atoms with Crippen LogP contribution in [0.1, 0.15) is 94.4 Å². The van der Waals surface area contributed by atoms with E-state index in [1.165, 1.54) is 5.57 Å². The third-order valence-corrected chi connectivity index (χ3v) is 6.71. The summed E-state index contributed by atoms with van der Waals surface area (Å²) in [5, 5.41) is 7.07. The number of ketones is 1. The summed E-state index contributed by atoms with van der Waals surface area (Å²) in [7, 11) is 0. The highest BCUT2D eigenvalue weighted by Gasteiger charge is 2.23. The van der Waals surface area contributed by atoms with E-state index < -0.39 is 0 Å². The smallest absolute Gasteiger partial charge is 0.144 e. The topological polar surface area (TPSA) is 62.7 Å². The van der Waals surface area contributed by atoms with Crippen molar-refractivity contribution in [3.8, 4) is 0 Å². The predicted molar refractivity (Wildman–Crippen MR) is 146 cm³/mol. The van der Waals surface area contributed by atoms with Crippen LogP contribution < -0.4 is 10.6 Å². The van der Waals surface area contributed by atoms with Crippen molar-refractivity contribution in [2.45, 2.75) is 94.4 Å². The largest absolute Gasteiger partial charge is 0.497 e. The van der Waals surface area contributed by atoms with E-state index in [0.717, 1.165) is 74.8 Å². The van der Waals surface area contributed by atoms with E-state index in [2.05, 4.69) is 64.3 Å². The Kier molecular flexibility index (Phi) is 14.1. The summed E-state index contributed by atoms with van der Waals surface area (Å²) < 4.78 is 6.32. The summed E-state index contributed by atoms with van der Waals surface area (Å²) in [5.74, 6) is 2.90. The molecule has 0 aliphatic heterocycles. The number of allylic oxidation sites excluding steroid dienone is 4. The zero-order valence-electron chi connectivity index (χ0n) is 23.4. The maximum Gasteiger partial charge on any atom is 0.144 e. The number of hydrogen-bond donors (Lipinski definition) is 2. The number of rotatable bonds is 16. The van der Waals surface area contributed by atoms with E-state index >= 15 is 0 Å². The Labute approximate surface area is 209 Å². The van der Waals surface area contributed by atoms with E-state index in [1.54, 1.807) is 0 Å². The van der Waals surface area contributed by atoms with Gasteiger partial charge in [0.15, 0.2) is 0 Å². The number of carbonyl (C=O) groups is 1. The average Bonchev–Trinajstić information content (AvgIpc) is 2.82. The minimum atomic E-state index is -0.136. The van der Waals surface area contributed by atoms with E-state index in [-0.39, 0.29) is 17.6 Å². The highest BCUT2D eigenvalue weighted by atomic mass is 16.5. The van der Waals surface area contributed by atoms with Gasteiger partial charge < -0.3 is 15.4 Å². The quantitative estimate of drug-likeness (QED) is 0.192. The summed E-state index contributed by atoms with van der Waals surface area (Å²) >= 11 is 0. The fourth-order valence-electron chi connectivity index (χ4n) is 3.96. The van der Waals surface area contributed by atoms with Crippen molar-refractivity contribution in [3.05, 3.63) is 35.0 Å². The molecule has 0 saturated heterocycles. The molecule has 1 rings (SSSR count). The molecule has 0 aromatic heterocycles. The van der Waals surface area contributed by atoms with Crippen LogP contribution in [0.15, 0.2) is 40.0 Å². The molecule has 34 heavy (non-hydrogen) atoms. The lowest BCUT2D eigenvalue weighted by Gasteiger charge is -2.25. The Morgan fingerprint density at radius 2 is 1.88 bits per heavy atom. The second kappa shape index (κ2) is 15.9. The fourth-order valence-corrected chi connectivity index (χ4v) is 3.96. The molecule has 0 heterocycles. The Morgan fingerprint density at radius 1 is 1.18 bits per heavy atom. The van der Waals surface area contributed by atoms with Gasteiger partial charge in [0.1, 0.15) is 17.4 Å². The second-order valence-electron chi connectivity index (χ2n) is 10.0. The Bertz CT molecular complexity index is 761. The van der Waals surface area contributed by atoms with Gasteiger partial charge in [-0.2, -0.15) is 0 Å². The maximum absolute atomic E-state index is 12.7. The summed E-state index contributed by atoms with van der Waals surface area (Å²) in [4.78, 5) is 17.6. The molecule has 0 radical (unpaired) electrons. The summed E-state index contributed by atoms with van der Waals surface area (Å²) in [6, 6.07) is 0. The van der Waals surface area contributed by atoms with Crippen LogP contribution in [0, 0.1) is 23.7 Å². The van der Waals surface area contributed by atoms with Gasteiger partial charge in [-0.3, -0.25) is 4.79 Å². The molecule has 0 spiro atoms. The number of Topliss-reactive ketones (excluding diaryl/α,β-unsaturated/α-hetero) is 1. The lowest BCUT2D eigenvalue weighted by Crippen LogP contribution is -2.27. The number of aliphatic imine (C=N–C) groups is 1. The monoisotopic (exact) mass is 473 g/mol. The molecule has 3 atom stereocenters. The molecule has 2 N–H and O–H groups in total. The zero-order chi connectivity index (χ0) is 25.7. The van der Waals surface area contributed by atoms with Crippen molar-refractivity contribution in [1.82, 2.24) is 10.6 Å². The minimum absolute atomic E-state index is 0.0112. The van der Waals surface area contributed by atoms with E-state index in [4.69, 9.17) is 9.73 Å². The van der Waals surface area contributed by atoms with Crippen LogP contribution in [0.25, 0.3) is 0 Å². The number of nitrogens with zero attached hydrogens (tertiary/aromatic N) is 1. The molecule has 1 aliphatic rings. The molecule has 5 nitrogen and oxygen atoms in total. The molecular weight excluding hydrogens is 422 g/mol. The van der Waals surface area contributed by atoms with E-state index in [0.29, 0.717) is 11.8 Å². The van der Waals surface area contributed by atoms with Crippen molar-refractivity contribution in [2.75, 3.05) is 19.7 Å². The Morgan fingerprint density at radius 3 is 2.44 bits per heavy atom. The molecule has 0 aromatic rings. The van der Waals surface area contributed by atoms with Gasteiger partial charge in [-0.15, -0.1) is 0 Å². The van der Waals surface area contributed by atoms with Gasteiger partial charge in [-0.05, 0) is 64.1 Å². The van der Waals surface area contributed by atoms with Crippen LogP contribution in [0.3, 0.4) is 0 Å². The normalized spacial score (nSPS) is 19.2. The van der Waals surface area contributed by atoms with Gasteiger partial charge in [0.05, 0.1) is 12.5 Å². The maximum atomic E-state index is 12.7. The van der Waals surface area contributed by atoms with Gasteiger partial charge >= 0.3 is 0 Å². The third-order valence-electron chi connectivity index (χ3n) is 6.71. The number of ether oxygens (including phenoxy) is 1. The number of hydrogen-bond acceptors (Lipinski definition) is 5. The first-order chi connectivity index (χ1) is 16.2.